The van der Waals surface area contributed by atoms with E-state index in [-0.39, 0.29) is 23.2 Å². The third-order valence-electron chi connectivity index (χ3n) is 2.52. The maximum atomic E-state index is 11.1. The molecule has 2 heterocycles. The highest BCUT2D eigenvalue weighted by Crippen LogP contribution is 2.36. The van der Waals surface area contributed by atoms with Gasteiger partial charge in [0.15, 0.2) is 10.2 Å². The van der Waals surface area contributed by atoms with Gasteiger partial charge in [0.1, 0.15) is 6.33 Å². The average molecular weight is 297 g/mol. The summed E-state index contributed by atoms with van der Waals surface area (Å²) in [5, 5.41) is 20.8. The van der Waals surface area contributed by atoms with Crippen molar-refractivity contribution in [3.8, 4) is 5.88 Å². The van der Waals surface area contributed by atoms with Crippen LogP contribution in [0.3, 0.4) is 0 Å². The second kappa shape index (κ2) is 5.84. The summed E-state index contributed by atoms with van der Waals surface area (Å²) < 4.78 is 6.50. The van der Waals surface area contributed by atoms with Crippen molar-refractivity contribution in [1.82, 2.24) is 19.5 Å². The fourth-order valence-electron chi connectivity index (χ4n) is 1.48. The van der Waals surface area contributed by atoms with E-state index < -0.39 is 4.92 Å². The Morgan fingerprint density at radius 2 is 2.25 bits per heavy atom. The van der Waals surface area contributed by atoms with Crippen LogP contribution < -0.4 is 4.74 Å². The van der Waals surface area contributed by atoms with Gasteiger partial charge in [0.25, 0.3) is 5.88 Å². The Morgan fingerprint density at radius 3 is 2.80 bits per heavy atom. The summed E-state index contributed by atoms with van der Waals surface area (Å²) in [5.41, 5.74) is 0.282. The van der Waals surface area contributed by atoms with Gasteiger partial charge in [0.05, 0.1) is 30.5 Å². The van der Waals surface area contributed by atoms with E-state index in [1.807, 2.05) is 0 Å². The van der Waals surface area contributed by atoms with Crippen molar-refractivity contribution < 1.29 is 14.8 Å². The first-order valence-electron chi connectivity index (χ1n) is 5.41. The molecule has 0 saturated heterocycles. The molecule has 2 aromatic rings. The van der Waals surface area contributed by atoms with Crippen LogP contribution >= 0.6 is 11.8 Å². The predicted octanol–water partition coefficient (Wildman–Crippen LogP) is 0.770. The van der Waals surface area contributed by atoms with Gasteiger partial charge < -0.3 is 14.4 Å². The molecule has 0 bridgehead atoms. The largest absolute Gasteiger partial charge is 0.476 e. The first-order chi connectivity index (χ1) is 9.58. The number of ether oxygens (including phenoxy) is 1. The molecule has 0 fully saturated rings. The van der Waals surface area contributed by atoms with Gasteiger partial charge >= 0.3 is 5.69 Å². The highest BCUT2D eigenvalue weighted by atomic mass is 32.2. The van der Waals surface area contributed by atoms with Crippen molar-refractivity contribution >= 4 is 17.4 Å². The molecule has 0 atom stereocenters. The predicted molar refractivity (Wildman–Crippen MR) is 68.5 cm³/mol. The fourth-order valence-corrected chi connectivity index (χ4v) is 2.37. The van der Waals surface area contributed by atoms with Crippen LogP contribution in [0.15, 0.2) is 22.7 Å². The summed E-state index contributed by atoms with van der Waals surface area (Å²) in [5.74, 6) is -0.107. The number of nitro groups is 1. The summed E-state index contributed by atoms with van der Waals surface area (Å²) in [7, 11) is 3.00. The van der Waals surface area contributed by atoms with Crippen molar-refractivity contribution in [2.24, 2.45) is 7.05 Å². The first kappa shape index (κ1) is 14.2. The highest BCUT2D eigenvalue weighted by molar-refractivity contribution is 7.99. The van der Waals surface area contributed by atoms with Gasteiger partial charge in [-0.05, 0) is 11.8 Å². The molecule has 0 amide bonds. The Bertz CT molecular complexity index is 645. The summed E-state index contributed by atoms with van der Waals surface area (Å²) in [6.45, 7) is -0.167. The summed E-state index contributed by atoms with van der Waals surface area (Å²) >= 11 is 1.00. The zero-order valence-corrected chi connectivity index (χ0v) is 11.5. The molecule has 0 spiro atoms. The molecule has 2 aromatic heterocycles. The molecular weight excluding hydrogens is 286 g/mol. The van der Waals surface area contributed by atoms with Crippen molar-refractivity contribution in [1.29, 1.82) is 0 Å². The Labute approximate surface area is 117 Å². The van der Waals surface area contributed by atoms with Crippen LogP contribution in [0.4, 0.5) is 5.69 Å². The van der Waals surface area contributed by atoms with E-state index in [1.54, 1.807) is 11.6 Å². The summed E-state index contributed by atoms with van der Waals surface area (Å²) in [6.07, 6.45) is 2.68. The van der Waals surface area contributed by atoms with Crippen LogP contribution in [0.2, 0.25) is 0 Å². The van der Waals surface area contributed by atoms with Crippen molar-refractivity contribution in [3.63, 3.8) is 0 Å². The number of hydrogen-bond donors (Lipinski definition) is 1. The number of nitrogens with zero attached hydrogens (tertiary/aromatic N) is 5. The molecule has 10 heteroatoms. The van der Waals surface area contributed by atoms with Gasteiger partial charge in [-0.15, -0.1) is 0 Å². The van der Waals surface area contributed by atoms with Crippen molar-refractivity contribution in [2.45, 2.75) is 16.8 Å². The highest BCUT2D eigenvalue weighted by Gasteiger charge is 2.25. The lowest BCUT2D eigenvalue weighted by molar-refractivity contribution is -0.389. The number of imidazole rings is 1. The molecule has 0 unspecified atom stereocenters. The SMILES string of the molecule is COc1ncnc(Sc2ncc(CO)n2C)c1[N+](=O)[O-]. The molecule has 0 aliphatic rings. The number of aliphatic hydroxyl groups is 1. The molecule has 9 nitrogen and oxygen atoms in total. The van der Waals surface area contributed by atoms with Gasteiger partial charge in [0.2, 0.25) is 0 Å². The zero-order valence-electron chi connectivity index (χ0n) is 10.7. The Morgan fingerprint density at radius 1 is 1.50 bits per heavy atom. The van der Waals surface area contributed by atoms with Crippen LogP contribution in [0.25, 0.3) is 0 Å². The maximum Gasteiger partial charge on any atom is 0.363 e. The van der Waals surface area contributed by atoms with E-state index in [0.717, 1.165) is 11.8 Å². The maximum absolute atomic E-state index is 11.1. The van der Waals surface area contributed by atoms with Crippen LogP contribution in [-0.2, 0) is 13.7 Å². The molecule has 20 heavy (non-hydrogen) atoms. The number of aliphatic hydroxyl groups excluding tert-OH is 1. The van der Waals surface area contributed by atoms with Gasteiger partial charge in [-0.3, -0.25) is 10.1 Å². The lowest BCUT2D eigenvalue weighted by Crippen LogP contribution is -2.01. The normalized spacial score (nSPS) is 10.6. The van der Waals surface area contributed by atoms with Crippen molar-refractivity contribution in [2.75, 3.05) is 7.11 Å². The summed E-state index contributed by atoms with van der Waals surface area (Å²) in [6, 6.07) is 0. The van der Waals surface area contributed by atoms with E-state index in [2.05, 4.69) is 15.0 Å². The van der Waals surface area contributed by atoms with Crippen LogP contribution in [-0.4, -0.2) is 36.7 Å². The molecule has 106 valence electrons. The van der Waals surface area contributed by atoms with Crippen LogP contribution in [0.1, 0.15) is 5.69 Å². The van der Waals surface area contributed by atoms with Gasteiger partial charge in [-0.2, -0.15) is 4.98 Å². The molecule has 0 saturated carbocycles. The lowest BCUT2D eigenvalue weighted by Gasteiger charge is -2.05. The molecule has 2 rings (SSSR count). The van der Waals surface area contributed by atoms with Gasteiger partial charge in [-0.25, -0.2) is 9.97 Å². The monoisotopic (exact) mass is 297 g/mol. The van der Waals surface area contributed by atoms with E-state index in [9.17, 15) is 10.1 Å². The first-order valence-corrected chi connectivity index (χ1v) is 6.22. The molecule has 1 N–H and O–H groups in total. The smallest absolute Gasteiger partial charge is 0.363 e. The minimum Gasteiger partial charge on any atom is -0.476 e. The standard InChI is InChI=1S/C10H11N5O4S/c1-14-6(4-16)3-11-10(14)20-9-7(15(17)18)8(19-2)12-5-13-9/h3,5,16H,4H2,1-2H3. The second-order valence-corrected chi connectivity index (χ2v) is 4.60. The van der Waals surface area contributed by atoms with Crippen LogP contribution in [0, 0.1) is 10.1 Å². The van der Waals surface area contributed by atoms with E-state index in [0.29, 0.717) is 10.9 Å². The third-order valence-corrected chi connectivity index (χ3v) is 3.58. The zero-order chi connectivity index (χ0) is 14.7. The van der Waals surface area contributed by atoms with E-state index in [4.69, 9.17) is 9.84 Å². The Hall–Kier alpha value is -2.20. The van der Waals surface area contributed by atoms with E-state index >= 15 is 0 Å². The van der Waals surface area contributed by atoms with Gasteiger partial charge in [0, 0.05) is 7.05 Å². The third kappa shape index (κ3) is 2.56. The van der Waals surface area contributed by atoms with Gasteiger partial charge in [-0.1, -0.05) is 0 Å². The lowest BCUT2D eigenvalue weighted by atomic mass is 10.5. The minimum absolute atomic E-state index is 0.107. The van der Waals surface area contributed by atoms with Crippen molar-refractivity contribution in [3.05, 3.63) is 28.3 Å². The Kier molecular flexibility index (Phi) is 4.15. The van der Waals surface area contributed by atoms with E-state index in [1.165, 1.54) is 19.6 Å². The second-order valence-electron chi connectivity index (χ2n) is 3.65. The molecule has 0 aliphatic heterocycles. The molecule has 0 aliphatic carbocycles. The average Bonchev–Trinajstić information content (AvgIpc) is 2.79. The fraction of sp³-hybridized carbons (Fsp3) is 0.300. The number of aromatic nitrogens is 4. The minimum atomic E-state index is -0.600. The molecule has 0 aromatic carbocycles. The topological polar surface area (TPSA) is 116 Å². The summed E-state index contributed by atoms with van der Waals surface area (Å²) in [4.78, 5) is 22.2. The quantitative estimate of drug-likeness (QED) is 0.488. The number of rotatable bonds is 5. The number of methoxy groups -OCH3 is 1. The molecule has 0 radical (unpaired) electrons. The number of hydrogen-bond acceptors (Lipinski definition) is 8. The van der Waals surface area contributed by atoms with Crippen LogP contribution in [0.5, 0.6) is 5.88 Å². The molecular formula is C10H11N5O4S. The Balaban J connectivity index is 2.43.